The molecule has 6 heteroatoms. The van der Waals surface area contributed by atoms with E-state index in [0.717, 1.165) is 135 Å². The smallest absolute Gasteiger partial charge is 0.306 e. The summed E-state index contributed by atoms with van der Waals surface area (Å²) in [5.74, 6) is -0.909. The summed E-state index contributed by atoms with van der Waals surface area (Å²) < 4.78 is 16.9. The van der Waals surface area contributed by atoms with Gasteiger partial charge in [-0.2, -0.15) is 0 Å². The lowest BCUT2D eigenvalue weighted by Crippen LogP contribution is -2.30. The first-order chi connectivity index (χ1) is 34.5. The average Bonchev–Trinajstić information content (AvgIpc) is 3.36. The van der Waals surface area contributed by atoms with Crippen molar-refractivity contribution < 1.29 is 28.6 Å². The molecule has 1 unspecified atom stereocenters. The number of allylic oxidation sites excluding steroid dienone is 16. The minimum Gasteiger partial charge on any atom is -0.462 e. The van der Waals surface area contributed by atoms with Crippen LogP contribution in [-0.2, 0) is 28.6 Å². The van der Waals surface area contributed by atoms with E-state index in [-0.39, 0.29) is 31.1 Å². The summed E-state index contributed by atoms with van der Waals surface area (Å²) in [5, 5.41) is 0. The topological polar surface area (TPSA) is 78.9 Å². The number of rotatable bonds is 52. The Hall–Kier alpha value is -3.67. The Kier molecular flexibility index (Phi) is 54.9. The van der Waals surface area contributed by atoms with E-state index < -0.39 is 6.10 Å². The van der Waals surface area contributed by atoms with Gasteiger partial charge in [-0.1, -0.05) is 253 Å². The standard InChI is InChI=1S/C64H108O6/c1-4-7-10-13-16-19-22-25-28-30-32-34-36-39-42-45-48-51-54-57-63(66)69-60-61(59-68-62(65)56-53-50-47-44-41-38-27-24-21-18-15-12-9-6-3)70-64(67)58-55-52-49-46-43-40-37-35-33-31-29-26-23-20-17-14-11-8-5-2/h7-8,10-11,16-17,19-20,25-26,28-29,32-35,61H,4-6,9,12-15,18,21-24,27,30-31,36-60H2,1-3H3/b10-7-,11-8-,19-16-,20-17-,28-25-,29-26-,34-32-,35-33-. The van der Waals surface area contributed by atoms with Gasteiger partial charge in [0.15, 0.2) is 6.10 Å². The summed E-state index contributed by atoms with van der Waals surface area (Å²) in [5.41, 5.74) is 0. The van der Waals surface area contributed by atoms with Crippen molar-refractivity contribution in [1.82, 2.24) is 0 Å². The molecule has 0 amide bonds. The van der Waals surface area contributed by atoms with Crippen LogP contribution in [0.2, 0.25) is 0 Å². The lowest BCUT2D eigenvalue weighted by Gasteiger charge is -2.18. The summed E-state index contributed by atoms with van der Waals surface area (Å²) in [6.07, 6.45) is 76.8. The molecule has 0 aromatic heterocycles. The second kappa shape index (κ2) is 57.9. The van der Waals surface area contributed by atoms with Gasteiger partial charge in [-0.05, 0) is 96.3 Å². The van der Waals surface area contributed by atoms with Crippen LogP contribution in [-0.4, -0.2) is 37.2 Å². The third-order valence-electron chi connectivity index (χ3n) is 12.3. The molecule has 0 bridgehead atoms. The molecular formula is C64H108O6. The molecule has 0 heterocycles. The Labute approximate surface area is 432 Å². The van der Waals surface area contributed by atoms with Gasteiger partial charge in [-0.15, -0.1) is 0 Å². The number of hydrogen-bond donors (Lipinski definition) is 0. The third-order valence-corrected chi connectivity index (χ3v) is 12.3. The summed E-state index contributed by atoms with van der Waals surface area (Å²) in [4.78, 5) is 38.2. The van der Waals surface area contributed by atoms with Gasteiger partial charge in [-0.25, -0.2) is 0 Å². The van der Waals surface area contributed by atoms with Gasteiger partial charge >= 0.3 is 17.9 Å². The van der Waals surface area contributed by atoms with Crippen LogP contribution >= 0.6 is 0 Å². The SMILES string of the molecule is CC/C=C\C/C=C\C/C=C\C/C=C\CCCCCCCCC(=O)OCC(COC(=O)CCCCCCCCCCCCCCCC)OC(=O)CCCCCCCC/C=C\C/C=C\C/C=C\C/C=C\CC. The molecule has 1 atom stereocenters. The van der Waals surface area contributed by atoms with E-state index in [2.05, 4.69) is 118 Å². The molecule has 0 saturated heterocycles. The molecule has 0 spiro atoms. The number of unbranched alkanes of at least 4 members (excludes halogenated alkanes) is 25. The zero-order valence-corrected chi connectivity index (χ0v) is 45.8. The maximum absolute atomic E-state index is 12.9. The van der Waals surface area contributed by atoms with E-state index in [9.17, 15) is 14.4 Å². The normalized spacial score (nSPS) is 12.8. The lowest BCUT2D eigenvalue weighted by atomic mass is 10.0. The fraction of sp³-hybridized carbons (Fsp3) is 0.703. The first kappa shape index (κ1) is 66.3. The van der Waals surface area contributed by atoms with Crippen LogP contribution in [0.1, 0.15) is 271 Å². The highest BCUT2D eigenvalue weighted by atomic mass is 16.6. The molecule has 0 radical (unpaired) electrons. The highest BCUT2D eigenvalue weighted by Gasteiger charge is 2.19. The monoisotopic (exact) mass is 973 g/mol. The van der Waals surface area contributed by atoms with Crippen molar-refractivity contribution in [2.75, 3.05) is 13.2 Å². The van der Waals surface area contributed by atoms with E-state index in [0.29, 0.717) is 19.3 Å². The average molecular weight is 974 g/mol. The van der Waals surface area contributed by atoms with Gasteiger partial charge in [0.05, 0.1) is 0 Å². The molecule has 0 rings (SSSR count). The minimum absolute atomic E-state index is 0.0867. The fourth-order valence-corrected chi connectivity index (χ4v) is 8.01. The first-order valence-electron chi connectivity index (χ1n) is 29.2. The highest BCUT2D eigenvalue weighted by Crippen LogP contribution is 2.15. The number of carbonyl (C=O) groups excluding carboxylic acids is 3. The van der Waals surface area contributed by atoms with E-state index in [4.69, 9.17) is 14.2 Å². The molecule has 0 fully saturated rings. The summed E-state index contributed by atoms with van der Waals surface area (Å²) in [7, 11) is 0. The quantitative estimate of drug-likeness (QED) is 0.0262. The van der Waals surface area contributed by atoms with Crippen LogP contribution in [0.5, 0.6) is 0 Å². The van der Waals surface area contributed by atoms with Crippen LogP contribution in [0.25, 0.3) is 0 Å². The predicted molar refractivity (Wildman–Crippen MR) is 302 cm³/mol. The second-order valence-electron chi connectivity index (χ2n) is 19.1. The Morgan fingerprint density at radius 3 is 0.871 bits per heavy atom. The van der Waals surface area contributed by atoms with Crippen molar-refractivity contribution in [1.29, 1.82) is 0 Å². The zero-order valence-electron chi connectivity index (χ0n) is 45.8. The summed E-state index contributed by atoms with van der Waals surface area (Å²) >= 11 is 0. The van der Waals surface area contributed by atoms with Gasteiger partial charge in [-0.3, -0.25) is 14.4 Å². The van der Waals surface area contributed by atoms with Gasteiger partial charge < -0.3 is 14.2 Å². The molecule has 0 saturated carbocycles. The van der Waals surface area contributed by atoms with Crippen LogP contribution in [0.4, 0.5) is 0 Å². The molecule has 0 N–H and O–H groups in total. The molecule has 400 valence electrons. The van der Waals surface area contributed by atoms with Crippen molar-refractivity contribution in [2.45, 2.75) is 277 Å². The molecule has 70 heavy (non-hydrogen) atoms. The van der Waals surface area contributed by atoms with E-state index in [1.807, 2.05) is 0 Å². The van der Waals surface area contributed by atoms with Crippen molar-refractivity contribution in [3.05, 3.63) is 97.2 Å². The Bertz CT molecular complexity index is 1400. The highest BCUT2D eigenvalue weighted by molar-refractivity contribution is 5.71. The molecule has 0 aliphatic carbocycles. The molecule has 0 aliphatic heterocycles. The maximum Gasteiger partial charge on any atom is 0.306 e. The molecule has 0 aromatic carbocycles. The van der Waals surface area contributed by atoms with Crippen molar-refractivity contribution >= 4 is 17.9 Å². The van der Waals surface area contributed by atoms with E-state index in [1.54, 1.807) is 0 Å². The zero-order chi connectivity index (χ0) is 50.7. The third kappa shape index (κ3) is 55.3. The van der Waals surface area contributed by atoms with Gasteiger partial charge in [0.1, 0.15) is 13.2 Å². The number of ether oxygens (including phenoxy) is 3. The number of hydrogen-bond acceptors (Lipinski definition) is 6. The number of esters is 3. The van der Waals surface area contributed by atoms with Crippen LogP contribution in [0.3, 0.4) is 0 Å². The van der Waals surface area contributed by atoms with Gasteiger partial charge in [0.2, 0.25) is 0 Å². The van der Waals surface area contributed by atoms with Gasteiger partial charge in [0, 0.05) is 19.3 Å². The Morgan fingerprint density at radius 2 is 0.557 bits per heavy atom. The fourth-order valence-electron chi connectivity index (χ4n) is 8.01. The minimum atomic E-state index is -0.791. The molecular weight excluding hydrogens is 865 g/mol. The van der Waals surface area contributed by atoms with E-state index >= 15 is 0 Å². The Morgan fingerprint density at radius 1 is 0.300 bits per heavy atom. The van der Waals surface area contributed by atoms with Gasteiger partial charge in [0.25, 0.3) is 0 Å². The lowest BCUT2D eigenvalue weighted by molar-refractivity contribution is -0.167. The maximum atomic E-state index is 12.9. The van der Waals surface area contributed by atoms with E-state index in [1.165, 1.54) is 96.3 Å². The Balaban J connectivity index is 4.43. The van der Waals surface area contributed by atoms with Crippen LogP contribution in [0, 0.1) is 0 Å². The summed E-state index contributed by atoms with van der Waals surface area (Å²) in [6, 6.07) is 0. The van der Waals surface area contributed by atoms with Crippen molar-refractivity contribution in [2.24, 2.45) is 0 Å². The second-order valence-corrected chi connectivity index (χ2v) is 19.1. The molecule has 6 nitrogen and oxygen atoms in total. The predicted octanol–water partition coefficient (Wildman–Crippen LogP) is 19.7. The summed E-state index contributed by atoms with van der Waals surface area (Å²) in [6.45, 7) is 6.41. The molecule has 0 aromatic rings. The van der Waals surface area contributed by atoms with Crippen LogP contribution in [0.15, 0.2) is 97.2 Å². The molecule has 0 aliphatic rings. The largest absolute Gasteiger partial charge is 0.462 e. The first-order valence-corrected chi connectivity index (χ1v) is 29.2. The number of carbonyl (C=O) groups is 3. The van der Waals surface area contributed by atoms with Crippen molar-refractivity contribution in [3.63, 3.8) is 0 Å². The van der Waals surface area contributed by atoms with Crippen LogP contribution < -0.4 is 0 Å². The van der Waals surface area contributed by atoms with Crippen molar-refractivity contribution in [3.8, 4) is 0 Å².